The molecule has 8 heteroatoms. The first-order valence-electron chi connectivity index (χ1n) is 8.87. The maximum Gasteiger partial charge on any atom is 0.270 e. The molecule has 1 fully saturated rings. The van der Waals surface area contributed by atoms with Crippen LogP contribution < -0.4 is 9.64 Å². The molecule has 0 bridgehead atoms. The Hall–Kier alpha value is -3.49. The van der Waals surface area contributed by atoms with Gasteiger partial charge in [-0.15, -0.1) is 0 Å². The molecule has 4 rings (SSSR count). The Bertz CT molecular complexity index is 1160. The zero-order valence-electron chi connectivity index (χ0n) is 15.4. The van der Waals surface area contributed by atoms with Crippen LogP contribution in [0.2, 0.25) is 0 Å². The first kappa shape index (κ1) is 19.8. The predicted octanol–water partition coefficient (Wildman–Crippen LogP) is 5.79. The summed E-state index contributed by atoms with van der Waals surface area (Å²) in [6, 6.07) is 22.6. The summed E-state index contributed by atoms with van der Waals surface area (Å²) in [4.78, 5) is 25.2. The van der Waals surface area contributed by atoms with E-state index < -0.39 is 4.92 Å². The van der Waals surface area contributed by atoms with Crippen molar-refractivity contribution < 1.29 is 14.5 Å². The number of anilines is 1. The SMILES string of the molecule is O=C1/C(=C/c2cccc([N+](=O)[O-])c2)SC(=S)N1c1ccc(Oc2ccccc2)cc1. The van der Waals surface area contributed by atoms with Crippen LogP contribution in [-0.4, -0.2) is 15.2 Å². The number of carbonyl (C=O) groups excluding carboxylic acids is 1. The van der Waals surface area contributed by atoms with E-state index in [0.29, 0.717) is 26.2 Å². The summed E-state index contributed by atoms with van der Waals surface area (Å²) in [5, 5.41) is 11.0. The van der Waals surface area contributed by atoms with Crippen LogP contribution >= 0.6 is 24.0 Å². The lowest BCUT2D eigenvalue weighted by molar-refractivity contribution is -0.384. The molecule has 0 atom stereocenters. The quantitative estimate of drug-likeness (QED) is 0.219. The molecule has 30 heavy (non-hydrogen) atoms. The number of non-ortho nitro benzene ring substituents is 1. The van der Waals surface area contributed by atoms with E-state index >= 15 is 0 Å². The van der Waals surface area contributed by atoms with E-state index in [0.717, 1.165) is 17.5 Å². The highest BCUT2D eigenvalue weighted by Crippen LogP contribution is 2.37. The van der Waals surface area contributed by atoms with Gasteiger partial charge < -0.3 is 4.74 Å². The highest BCUT2D eigenvalue weighted by Gasteiger charge is 2.33. The number of thioether (sulfide) groups is 1. The normalized spacial score (nSPS) is 14.9. The molecule has 3 aromatic carbocycles. The largest absolute Gasteiger partial charge is 0.457 e. The molecule has 0 aromatic heterocycles. The van der Waals surface area contributed by atoms with Crippen LogP contribution in [0.25, 0.3) is 6.08 Å². The van der Waals surface area contributed by atoms with Gasteiger partial charge in [-0.1, -0.05) is 54.3 Å². The van der Waals surface area contributed by atoms with Crippen LogP contribution in [0.4, 0.5) is 11.4 Å². The minimum absolute atomic E-state index is 0.0340. The van der Waals surface area contributed by atoms with Crippen LogP contribution in [0.15, 0.2) is 83.8 Å². The number of carbonyl (C=O) groups is 1. The monoisotopic (exact) mass is 434 g/mol. The van der Waals surface area contributed by atoms with Crippen molar-refractivity contribution in [3.63, 3.8) is 0 Å². The van der Waals surface area contributed by atoms with Crippen molar-refractivity contribution in [2.75, 3.05) is 4.90 Å². The molecule has 0 unspecified atom stereocenters. The highest BCUT2D eigenvalue weighted by molar-refractivity contribution is 8.27. The zero-order valence-corrected chi connectivity index (χ0v) is 17.1. The molecule has 0 aliphatic carbocycles. The molecular formula is C22H14N2O4S2. The Morgan fingerprint density at radius 1 is 0.967 bits per heavy atom. The van der Waals surface area contributed by atoms with Crippen molar-refractivity contribution in [3.05, 3.63) is 99.4 Å². The number of para-hydroxylation sites is 1. The first-order valence-corrected chi connectivity index (χ1v) is 10.1. The van der Waals surface area contributed by atoms with Gasteiger partial charge in [-0.2, -0.15) is 0 Å². The Balaban J connectivity index is 1.54. The fourth-order valence-corrected chi connectivity index (χ4v) is 4.16. The van der Waals surface area contributed by atoms with Gasteiger partial charge in [0.2, 0.25) is 0 Å². The van der Waals surface area contributed by atoms with Crippen LogP contribution in [0.5, 0.6) is 11.5 Å². The predicted molar refractivity (Wildman–Crippen MR) is 122 cm³/mol. The molecule has 0 radical (unpaired) electrons. The van der Waals surface area contributed by atoms with E-state index in [1.165, 1.54) is 17.0 Å². The minimum atomic E-state index is -0.471. The number of thiocarbonyl (C=S) groups is 1. The van der Waals surface area contributed by atoms with Crippen molar-refractivity contribution in [3.8, 4) is 11.5 Å². The number of rotatable bonds is 5. The molecule has 0 saturated carbocycles. The molecule has 1 aliphatic heterocycles. The average molecular weight is 434 g/mol. The van der Waals surface area contributed by atoms with Crippen LogP contribution in [-0.2, 0) is 4.79 Å². The highest BCUT2D eigenvalue weighted by atomic mass is 32.2. The van der Waals surface area contributed by atoms with E-state index in [-0.39, 0.29) is 11.6 Å². The Morgan fingerprint density at radius 3 is 2.37 bits per heavy atom. The maximum atomic E-state index is 12.9. The topological polar surface area (TPSA) is 72.7 Å². The average Bonchev–Trinajstić information content (AvgIpc) is 3.02. The van der Waals surface area contributed by atoms with Gasteiger partial charge >= 0.3 is 0 Å². The first-order chi connectivity index (χ1) is 14.5. The Labute approximate surface area is 181 Å². The van der Waals surface area contributed by atoms with Crippen molar-refractivity contribution in [1.82, 2.24) is 0 Å². The third-order valence-corrected chi connectivity index (χ3v) is 5.55. The van der Waals surface area contributed by atoms with E-state index in [4.69, 9.17) is 17.0 Å². The molecule has 1 amide bonds. The zero-order chi connectivity index (χ0) is 21.1. The van der Waals surface area contributed by atoms with Gasteiger partial charge in [0.15, 0.2) is 4.32 Å². The van der Waals surface area contributed by atoms with Crippen molar-refractivity contribution in [1.29, 1.82) is 0 Å². The van der Waals surface area contributed by atoms with Crippen molar-refractivity contribution >= 4 is 51.7 Å². The summed E-state index contributed by atoms with van der Waals surface area (Å²) in [5.74, 6) is 1.09. The molecule has 0 spiro atoms. The van der Waals surface area contributed by atoms with Gasteiger partial charge in [0.1, 0.15) is 11.5 Å². The third kappa shape index (κ3) is 4.24. The van der Waals surface area contributed by atoms with Gasteiger partial charge in [-0.25, -0.2) is 0 Å². The lowest BCUT2D eigenvalue weighted by Crippen LogP contribution is -2.27. The summed E-state index contributed by atoms with van der Waals surface area (Å²) < 4.78 is 6.17. The van der Waals surface area contributed by atoms with E-state index in [1.54, 1.807) is 42.5 Å². The van der Waals surface area contributed by atoms with Crippen molar-refractivity contribution in [2.24, 2.45) is 0 Å². The van der Waals surface area contributed by atoms with Gasteiger partial charge in [0, 0.05) is 12.1 Å². The summed E-state index contributed by atoms with van der Waals surface area (Å²) in [6.45, 7) is 0. The number of hydrogen-bond acceptors (Lipinski definition) is 6. The number of nitro groups is 1. The molecule has 0 N–H and O–H groups in total. The number of ether oxygens (including phenoxy) is 1. The van der Waals surface area contributed by atoms with E-state index in [9.17, 15) is 14.9 Å². The maximum absolute atomic E-state index is 12.9. The molecule has 1 heterocycles. The van der Waals surface area contributed by atoms with Gasteiger partial charge in [0.25, 0.3) is 11.6 Å². The second-order valence-corrected chi connectivity index (χ2v) is 7.95. The molecule has 6 nitrogen and oxygen atoms in total. The number of hydrogen-bond donors (Lipinski definition) is 0. The summed E-state index contributed by atoms with van der Waals surface area (Å²) in [6.07, 6.45) is 1.61. The molecule has 3 aromatic rings. The van der Waals surface area contributed by atoms with Crippen LogP contribution in [0, 0.1) is 10.1 Å². The fraction of sp³-hybridized carbons (Fsp3) is 0. The lowest BCUT2D eigenvalue weighted by Gasteiger charge is -2.15. The third-order valence-electron chi connectivity index (χ3n) is 4.25. The number of nitro benzene ring substituents is 1. The summed E-state index contributed by atoms with van der Waals surface area (Å²) in [5.41, 5.74) is 1.16. The number of nitrogens with zero attached hydrogens (tertiary/aromatic N) is 2. The number of amides is 1. The van der Waals surface area contributed by atoms with Gasteiger partial charge in [-0.05, 0) is 48.0 Å². The van der Waals surface area contributed by atoms with Crippen LogP contribution in [0.1, 0.15) is 5.56 Å². The summed E-state index contributed by atoms with van der Waals surface area (Å²) >= 11 is 6.55. The minimum Gasteiger partial charge on any atom is -0.457 e. The standard InChI is InChI=1S/C22H14N2O4S2/c25-21-20(14-15-5-4-6-17(13-15)24(26)27)30-22(29)23(21)16-9-11-19(12-10-16)28-18-7-2-1-3-8-18/h1-14H/b20-14-. The van der Waals surface area contributed by atoms with Crippen molar-refractivity contribution in [2.45, 2.75) is 0 Å². The fourth-order valence-electron chi connectivity index (χ4n) is 2.86. The van der Waals surface area contributed by atoms with Crippen LogP contribution in [0.3, 0.4) is 0 Å². The molecule has 1 aliphatic rings. The van der Waals surface area contributed by atoms with Gasteiger partial charge in [-0.3, -0.25) is 19.8 Å². The Morgan fingerprint density at radius 2 is 1.67 bits per heavy atom. The smallest absolute Gasteiger partial charge is 0.270 e. The second-order valence-electron chi connectivity index (χ2n) is 6.28. The van der Waals surface area contributed by atoms with Gasteiger partial charge in [0.05, 0.1) is 15.5 Å². The lowest BCUT2D eigenvalue weighted by atomic mass is 10.2. The van der Waals surface area contributed by atoms with E-state index in [2.05, 4.69) is 0 Å². The number of benzene rings is 3. The molecular weight excluding hydrogens is 420 g/mol. The van der Waals surface area contributed by atoms with E-state index in [1.807, 2.05) is 30.3 Å². The molecule has 1 saturated heterocycles. The molecule has 148 valence electrons. The Kier molecular flexibility index (Phi) is 5.60. The second kappa shape index (κ2) is 8.48. The summed E-state index contributed by atoms with van der Waals surface area (Å²) in [7, 11) is 0.